The molecule has 0 aliphatic heterocycles. The Hall–Kier alpha value is -2.80. The first-order valence-corrected chi connectivity index (χ1v) is 9.27. The van der Waals surface area contributed by atoms with Gasteiger partial charge >= 0.3 is 0 Å². The van der Waals surface area contributed by atoms with Crippen molar-refractivity contribution in [2.45, 2.75) is 34.2 Å². The summed E-state index contributed by atoms with van der Waals surface area (Å²) in [6.07, 6.45) is 0. The van der Waals surface area contributed by atoms with Gasteiger partial charge in [-0.2, -0.15) is 0 Å². The lowest BCUT2D eigenvalue weighted by molar-refractivity contribution is 0.841. The third-order valence-electron chi connectivity index (χ3n) is 5.80. The Morgan fingerprint density at radius 2 is 1.23 bits per heavy atom. The van der Waals surface area contributed by atoms with E-state index in [1.54, 1.807) is 0 Å². The highest BCUT2D eigenvalue weighted by atomic mass is 15.0. The topological polar surface area (TPSA) is 4.93 Å². The van der Waals surface area contributed by atoms with Gasteiger partial charge in [-0.3, -0.25) is 0 Å². The van der Waals surface area contributed by atoms with E-state index in [0.29, 0.717) is 0 Å². The molecule has 1 aromatic heterocycles. The van der Waals surface area contributed by atoms with E-state index in [4.69, 9.17) is 0 Å². The number of rotatable bonds is 3. The summed E-state index contributed by atoms with van der Waals surface area (Å²) in [6, 6.07) is 23.9. The molecule has 0 spiro atoms. The van der Waals surface area contributed by atoms with Crippen LogP contribution in [0.5, 0.6) is 0 Å². The van der Waals surface area contributed by atoms with Gasteiger partial charge in [0.1, 0.15) is 0 Å². The molecule has 0 bridgehead atoms. The van der Waals surface area contributed by atoms with E-state index < -0.39 is 0 Å². The lowest BCUT2D eigenvalue weighted by atomic mass is 9.95. The summed E-state index contributed by atoms with van der Waals surface area (Å²) in [5.41, 5.74) is 10.9. The standard InChI is InChI=1S/C25H25N/c1-17-18(2)20(4)25-23(19(17)3)15-24(22-13-9-6-10-14-22)26(25)16-21-11-7-5-8-12-21/h5-15H,16H2,1-4H3. The summed E-state index contributed by atoms with van der Waals surface area (Å²) < 4.78 is 2.49. The molecule has 0 saturated carbocycles. The first-order chi connectivity index (χ1) is 12.6. The molecule has 1 heterocycles. The second-order valence-electron chi connectivity index (χ2n) is 7.23. The molecule has 0 radical (unpaired) electrons. The Balaban J connectivity index is 2.05. The highest BCUT2D eigenvalue weighted by Crippen LogP contribution is 2.36. The van der Waals surface area contributed by atoms with E-state index in [9.17, 15) is 0 Å². The van der Waals surface area contributed by atoms with E-state index in [1.807, 2.05) is 0 Å². The summed E-state index contributed by atoms with van der Waals surface area (Å²) in [5.74, 6) is 0. The molecule has 0 aliphatic carbocycles. The molecular weight excluding hydrogens is 314 g/mol. The Morgan fingerprint density at radius 3 is 1.88 bits per heavy atom. The van der Waals surface area contributed by atoms with Gasteiger partial charge < -0.3 is 4.57 Å². The first kappa shape index (κ1) is 16.7. The average molecular weight is 339 g/mol. The van der Waals surface area contributed by atoms with Crippen LogP contribution in [-0.4, -0.2) is 4.57 Å². The van der Waals surface area contributed by atoms with Crippen LogP contribution in [0.1, 0.15) is 27.8 Å². The fourth-order valence-electron chi connectivity index (χ4n) is 3.96. The van der Waals surface area contributed by atoms with Crippen LogP contribution in [0, 0.1) is 27.7 Å². The van der Waals surface area contributed by atoms with Crippen molar-refractivity contribution in [3.8, 4) is 11.3 Å². The summed E-state index contributed by atoms with van der Waals surface area (Å²) in [5, 5.41) is 1.38. The first-order valence-electron chi connectivity index (χ1n) is 9.27. The molecule has 130 valence electrons. The average Bonchev–Trinajstić information content (AvgIpc) is 3.05. The molecule has 0 amide bonds. The van der Waals surface area contributed by atoms with Crippen molar-refractivity contribution >= 4 is 10.9 Å². The van der Waals surface area contributed by atoms with Crippen LogP contribution in [0.15, 0.2) is 66.7 Å². The molecule has 4 rings (SSSR count). The number of hydrogen-bond acceptors (Lipinski definition) is 0. The number of aromatic nitrogens is 1. The largest absolute Gasteiger partial charge is 0.336 e. The molecule has 26 heavy (non-hydrogen) atoms. The Labute approximate surface area is 155 Å². The highest BCUT2D eigenvalue weighted by molar-refractivity contribution is 5.93. The molecule has 3 aromatic carbocycles. The second kappa shape index (κ2) is 6.49. The van der Waals surface area contributed by atoms with Gasteiger partial charge in [0.25, 0.3) is 0 Å². The van der Waals surface area contributed by atoms with Crippen LogP contribution in [0.3, 0.4) is 0 Å². The minimum Gasteiger partial charge on any atom is -0.336 e. The van der Waals surface area contributed by atoms with E-state index in [-0.39, 0.29) is 0 Å². The van der Waals surface area contributed by atoms with Crippen molar-refractivity contribution in [2.24, 2.45) is 0 Å². The van der Waals surface area contributed by atoms with Gasteiger partial charge in [0.2, 0.25) is 0 Å². The lowest BCUT2D eigenvalue weighted by Crippen LogP contribution is -2.04. The molecule has 0 saturated heterocycles. The monoisotopic (exact) mass is 339 g/mol. The maximum absolute atomic E-state index is 2.49. The van der Waals surface area contributed by atoms with E-state index >= 15 is 0 Å². The molecule has 1 heteroatoms. The van der Waals surface area contributed by atoms with Crippen molar-refractivity contribution in [3.63, 3.8) is 0 Å². The van der Waals surface area contributed by atoms with E-state index in [2.05, 4.69) is 99.0 Å². The van der Waals surface area contributed by atoms with Crippen LogP contribution < -0.4 is 0 Å². The lowest BCUT2D eigenvalue weighted by Gasteiger charge is -2.16. The highest BCUT2D eigenvalue weighted by Gasteiger charge is 2.17. The number of fused-ring (bicyclic) bond motifs is 1. The zero-order valence-corrected chi connectivity index (χ0v) is 16.0. The van der Waals surface area contributed by atoms with Crippen LogP contribution >= 0.6 is 0 Å². The number of nitrogens with zero attached hydrogens (tertiary/aromatic N) is 1. The van der Waals surface area contributed by atoms with Crippen molar-refractivity contribution in [2.75, 3.05) is 0 Å². The van der Waals surface area contributed by atoms with Gasteiger partial charge in [-0.15, -0.1) is 0 Å². The van der Waals surface area contributed by atoms with Gasteiger partial charge in [0.15, 0.2) is 0 Å². The molecule has 0 aliphatic rings. The number of aryl methyl sites for hydroxylation is 2. The fraction of sp³-hybridized carbons (Fsp3) is 0.200. The van der Waals surface area contributed by atoms with Gasteiger partial charge in [-0.05, 0) is 67.1 Å². The third-order valence-corrected chi connectivity index (χ3v) is 5.80. The van der Waals surface area contributed by atoms with Gasteiger partial charge in [-0.1, -0.05) is 60.7 Å². The zero-order valence-electron chi connectivity index (χ0n) is 16.0. The van der Waals surface area contributed by atoms with Gasteiger partial charge in [0.05, 0.1) is 5.52 Å². The van der Waals surface area contributed by atoms with Gasteiger partial charge in [0, 0.05) is 17.6 Å². The van der Waals surface area contributed by atoms with Crippen LogP contribution in [-0.2, 0) is 6.54 Å². The predicted molar refractivity (Wildman–Crippen MR) is 112 cm³/mol. The van der Waals surface area contributed by atoms with Crippen LogP contribution in [0.2, 0.25) is 0 Å². The van der Waals surface area contributed by atoms with Crippen molar-refractivity contribution in [1.82, 2.24) is 4.57 Å². The Morgan fingerprint density at radius 1 is 0.654 bits per heavy atom. The Bertz CT molecular complexity index is 1070. The molecule has 0 unspecified atom stereocenters. The fourth-order valence-corrected chi connectivity index (χ4v) is 3.96. The van der Waals surface area contributed by atoms with E-state index in [0.717, 1.165) is 6.54 Å². The smallest absolute Gasteiger partial charge is 0.0523 e. The van der Waals surface area contributed by atoms with Crippen LogP contribution in [0.25, 0.3) is 22.2 Å². The van der Waals surface area contributed by atoms with Crippen molar-refractivity contribution in [1.29, 1.82) is 0 Å². The third kappa shape index (κ3) is 2.64. The van der Waals surface area contributed by atoms with Gasteiger partial charge in [-0.25, -0.2) is 0 Å². The SMILES string of the molecule is Cc1c(C)c(C)c2c(cc(-c3ccccc3)n2Cc2ccccc2)c1C. The molecule has 1 nitrogen and oxygen atoms in total. The zero-order chi connectivity index (χ0) is 18.3. The minimum absolute atomic E-state index is 0.886. The maximum atomic E-state index is 2.49. The maximum Gasteiger partial charge on any atom is 0.0523 e. The summed E-state index contributed by atoms with van der Waals surface area (Å²) in [7, 11) is 0. The predicted octanol–water partition coefficient (Wildman–Crippen LogP) is 6.59. The minimum atomic E-state index is 0.886. The number of hydrogen-bond donors (Lipinski definition) is 0. The van der Waals surface area contributed by atoms with E-state index in [1.165, 1.54) is 50.0 Å². The Kier molecular flexibility index (Phi) is 4.16. The van der Waals surface area contributed by atoms with Crippen molar-refractivity contribution < 1.29 is 0 Å². The molecule has 0 atom stereocenters. The molecule has 4 aromatic rings. The molecule has 0 fully saturated rings. The summed E-state index contributed by atoms with van der Waals surface area (Å²) >= 11 is 0. The van der Waals surface area contributed by atoms with Crippen LogP contribution in [0.4, 0.5) is 0 Å². The summed E-state index contributed by atoms with van der Waals surface area (Å²) in [4.78, 5) is 0. The van der Waals surface area contributed by atoms with Crippen molar-refractivity contribution in [3.05, 3.63) is 94.5 Å². The second-order valence-corrected chi connectivity index (χ2v) is 7.23. The number of benzene rings is 3. The normalized spacial score (nSPS) is 11.2. The quantitative estimate of drug-likeness (QED) is 0.397. The molecular formula is C25H25N. The molecule has 0 N–H and O–H groups in total. The summed E-state index contributed by atoms with van der Waals surface area (Å²) in [6.45, 7) is 9.90.